The minimum atomic E-state index is -0.156. The highest BCUT2D eigenvalue weighted by molar-refractivity contribution is 5.16. The van der Waals surface area contributed by atoms with Gasteiger partial charge in [0.2, 0.25) is 0 Å². The van der Waals surface area contributed by atoms with Gasteiger partial charge in [-0.15, -0.1) is 0 Å². The molecule has 2 nitrogen and oxygen atoms in total. The predicted octanol–water partition coefficient (Wildman–Crippen LogP) is 2.15. The van der Waals surface area contributed by atoms with Gasteiger partial charge in [-0.25, -0.2) is 4.39 Å². The van der Waals surface area contributed by atoms with Crippen LogP contribution in [0.25, 0.3) is 0 Å². The Kier molecular flexibility index (Phi) is 3.12. The molecule has 0 aromatic heterocycles. The van der Waals surface area contributed by atoms with Gasteiger partial charge in [0, 0.05) is 25.2 Å². The number of fused-ring (bicyclic) bond motifs is 1. The fourth-order valence-corrected chi connectivity index (χ4v) is 3.17. The van der Waals surface area contributed by atoms with Crippen molar-refractivity contribution in [3.05, 3.63) is 35.6 Å². The van der Waals surface area contributed by atoms with Crippen LogP contribution in [0.2, 0.25) is 0 Å². The second-order valence-corrected chi connectivity index (χ2v) is 5.15. The minimum Gasteiger partial charge on any atom is -0.308 e. The lowest BCUT2D eigenvalue weighted by atomic mass is 10.1. The summed E-state index contributed by atoms with van der Waals surface area (Å²) in [5.41, 5.74) is 1.17. The topological polar surface area (TPSA) is 15.3 Å². The molecule has 17 heavy (non-hydrogen) atoms. The predicted molar refractivity (Wildman–Crippen MR) is 66.2 cm³/mol. The number of halogens is 1. The number of hydrogen-bond donors (Lipinski definition) is 1. The average molecular weight is 234 g/mol. The molecular formula is C14H19FN2. The SMILES string of the molecule is Fc1ccc(CNC2CCN3CCCC23)cc1. The maximum absolute atomic E-state index is 12.8. The largest absolute Gasteiger partial charge is 0.308 e. The molecule has 2 unspecified atom stereocenters. The zero-order valence-corrected chi connectivity index (χ0v) is 10.0. The van der Waals surface area contributed by atoms with Crippen LogP contribution in [0.15, 0.2) is 24.3 Å². The minimum absolute atomic E-state index is 0.156. The second kappa shape index (κ2) is 4.75. The van der Waals surface area contributed by atoms with E-state index >= 15 is 0 Å². The van der Waals surface area contributed by atoms with Gasteiger partial charge in [-0.05, 0) is 43.5 Å². The Morgan fingerprint density at radius 1 is 1.18 bits per heavy atom. The van der Waals surface area contributed by atoms with Crippen LogP contribution in [0, 0.1) is 5.82 Å². The molecule has 3 rings (SSSR count). The number of nitrogens with one attached hydrogen (secondary N) is 1. The second-order valence-electron chi connectivity index (χ2n) is 5.15. The van der Waals surface area contributed by atoms with E-state index in [-0.39, 0.29) is 5.82 Å². The monoisotopic (exact) mass is 234 g/mol. The molecule has 2 aliphatic rings. The highest BCUT2D eigenvalue weighted by atomic mass is 19.1. The third-order valence-corrected chi connectivity index (χ3v) is 4.09. The van der Waals surface area contributed by atoms with E-state index in [1.54, 1.807) is 0 Å². The first-order valence-electron chi connectivity index (χ1n) is 6.55. The summed E-state index contributed by atoms with van der Waals surface area (Å²) in [5.74, 6) is -0.156. The summed E-state index contributed by atoms with van der Waals surface area (Å²) in [5, 5.41) is 3.62. The molecule has 3 heteroatoms. The lowest BCUT2D eigenvalue weighted by Crippen LogP contribution is -2.38. The highest BCUT2D eigenvalue weighted by Gasteiger charge is 2.36. The van der Waals surface area contributed by atoms with Crippen LogP contribution < -0.4 is 5.32 Å². The van der Waals surface area contributed by atoms with Crippen molar-refractivity contribution in [3.8, 4) is 0 Å². The summed E-state index contributed by atoms with van der Waals surface area (Å²) in [6.45, 7) is 3.38. The van der Waals surface area contributed by atoms with Crippen LogP contribution in [-0.2, 0) is 6.54 Å². The van der Waals surface area contributed by atoms with Crippen molar-refractivity contribution in [2.75, 3.05) is 13.1 Å². The van der Waals surface area contributed by atoms with Gasteiger partial charge in [0.05, 0.1) is 0 Å². The van der Waals surface area contributed by atoms with Gasteiger partial charge < -0.3 is 5.32 Å². The Morgan fingerprint density at radius 2 is 2.00 bits per heavy atom. The van der Waals surface area contributed by atoms with Gasteiger partial charge in [-0.3, -0.25) is 4.90 Å². The molecule has 1 aromatic rings. The fourth-order valence-electron chi connectivity index (χ4n) is 3.17. The van der Waals surface area contributed by atoms with Crippen molar-refractivity contribution in [2.45, 2.75) is 37.9 Å². The molecule has 0 radical (unpaired) electrons. The molecule has 0 aliphatic carbocycles. The van der Waals surface area contributed by atoms with E-state index in [0.29, 0.717) is 6.04 Å². The van der Waals surface area contributed by atoms with Gasteiger partial charge in [0.1, 0.15) is 5.82 Å². The van der Waals surface area contributed by atoms with Gasteiger partial charge in [-0.1, -0.05) is 12.1 Å². The van der Waals surface area contributed by atoms with Gasteiger partial charge in [-0.2, -0.15) is 0 Å². The molecule has 1 aromatic carbocycles. The summed E-state index contributed by atoms with van der Waals surface area (Å²) in [6, 6.07) is 8.17. The van der Waals surface area contributed by atoms with Gasteiger partial charge in [0.25, 0.3) is 0 Å². The molecule has 0 bridgehead atoms. The maximum atomic E-state index is 12.8. The zero-order valence-electron chi connectivity index (χ0n) is 10.0. The summed E-state index contributed by atoms with van der Waals surface area (Å²) >= 11 is 0. The molecule has 92 valence electrons. The smallest absolute Gasteiger partial charge is 0.123 e. The van der Waals surface area contributed by atoms with Gasteiger partial charge in [0.15, 0.2) is 0 Å². The van der Waals surface area contributed by atoms with Crippen molar-refractivity contribution in [2.24, 2.45) is 0 Å². The first-order chi connectivity index (χ1) is 8.33. The third-order valence-electron chi connectivity index (χ3n) is 4.09. The normalized spacial score (nSPS) is 28.5. The maximum Gasteiger partial charge on any atom is 0.123 e. The molecule has 1 N–H and O–H groups in total. The van der Waals surface area contributed by atoms with Gasteiger partial charge >= 0.3 is 0 Å². The highest BCUT2D eigenvalue weighted by Crippen LogP contribution is 2.28. The van der Waals surface area contributed by atoms with E-state index in [4.69, 9.17) is 0 Å². The Bertz CT molecular complexity index is 376. The van der Waals surface area contributed by atoms with Crippen LogP contribution >= 0.6 is 0 Å². The first-order valence-corrected chi connectivity index (χ1v) is 6.55. The molecular weight excluding hydrogens is 215 g/mol. The van der Waals surface area contributed by atoms with Crippen LogP contribution in [-0.4, -0.2) is 30.1 Å². The molecule has 2 heterocycles. The zero-order chi connectivity index (χ0) is 11.7. The molecule has 0 spiro atoms. The Hall–Kier alpha value is -0.930. The number of rotatable bonds is 3. The van der Waals surface area contributed by atoms with Crippen molar-refractivity contribution >= 4 is 0 Å². The van der Waals surface area contributed by atoms with E-state index in [1.807, 2.05) is 12.1 Å². The summed E-state index contributed by atoms with van der Waals surface area (Å²) in [6.07, 6.45) is 3.94. The molecule has 2 atom stereocenters. The van der Waals surface area contributed by atoms with Crippen LogP contribution in [0.4, 0.5) is 4.39 Å². The Morgan fingerprint density at radius 3 is 2.82 bits per heavy atom. The van der Waals surface area contributed by atoms with Crippen LogP contribution in [0.5, 0.6) is 0 Å². The molecule has 2 aliphatic heterocycles. The first kappa shape index (κ1) is 11.2. The quantitative estimate of drug-likeness (QED) is 0.862. The van der Waals surface area contributed by atoms with Crippen molar-refractivity contribution in [1.82, 2.24) is 10.2 Å². The van der Waals surface area contributed by atoms with Crippen LogP contribution in [0.1, 0.15) is 24.8 Å². The number of nitrogens with zero attached hydrogens (tertiary/aromatic N) is 1. The van der Waals surface area contributed by atoms with E-state index in [9.17, 15) is 4.39 Å². The third kappa shape index (κ3) is 2.35. The van der Waals surface area contributed by atoms with E-state index in [2.05, 4.69) is 10.2 Å². The summed E-state index contributed by atoms with van der Waals surface area (Å²) in [4.78, 5) is 2.60. The standard InChI is InChI=1S/C14H19FN2/c15-12-5-3-11(4-6-12)10-16-13-7-9-17-8-1-2-14(13)17/h3-6,13-14,16H,1-2,7-10H2. The average Bonchev–Trinajstić information content (AvgIpc) is 2.91. The summed E-state index contributed by atoms with van der Waals surface area (Å²) < 4.78 is 12.8. The molecule has 0 amide bonds. The van der Waals surface area contributed by atoms with Crippen molar-refractivity contribution < 1.29 is 4.39 Å². The van der Waals surface area contributed by atoms with Crippen molar-refractivity contribution in [3.63, 3.8) is 0 Å². The lowest BCUT2D eigenvalue weighted by Gasteiger charge is -2.21. The Labute approximate surface area is 102 Å². The summed E-state index contributed by atoms with van der Waals surface area (Å²) in [7, 11) is 0. The Balaban J connectivity index is 1.56. The van der Waals surface area contributed by atoms with Crippen LogP contribution in [0.3, 0.4) is 0 Å². The van der Waals surface area contributed by atoms with E-state index < -0.39 is 0 Å². The van der Waals surface area contributed by atoms with E-state index in [1.165, 1.54) is 50.0 Å². The number of benzene rings is 1. The molecule has 2 saturated heterocycles. The number of hydrogen-bond acceptors (Lipinski definition) is 2. The molecule has 0 saturated carbocycles. The fraction of sp³-hybridized carbons (Fsp3) is 0.571. The molecule has 2 fully saturated rings. The van der Waals surface area contributed by atoms with E-state index in [0.717, 1.165) is 12.6 Å². The van der Waals surface area contributed by atoms with Crippen molar-refractivity contribution in [1.29, 1.82) is 0 Å². The lowest BCUT2D eigenvalue weighted by molar-refractivity contribution is 0.298.